The molecule has 0 aliphatic heterocycles. The van der Waals surface area contributed by atoms with E-state index >= 15 is 0 Å². The van der Waals surface area contributed by atoms with Gasteiger partial charge in [-0.15, -0.1) is 5.10 Å². The number of aryl methyl sites for hydroxylation is 1. The molecule has 0 aliphatic carbocycles. The zero-order valence-corrected chi connectivity index (χ0v) is 10.2. The molecule has 0 fully saturated rings. The monoisotopic (exact) mass is 242 g/mol. The van der Waals surface area contributed by atoms with Gasteiger partial charge in [-0.3, -0.25) is 9.89 Å². The van der Waals surface area contributed by atoms with Crippen LogP contribution in [0.25, 0.3) is 0 Å². The lowest BCUT2D eigenvalue weighted by atomic mass is 10.4. The van der Waals surface area contributed by atoms with Crippen molar-refractivity contribution < 1.29 is 14.3 Å². The lowest BCUT2D eigenvalue weighted by Gasteiger charge is -2.03. The summed E-state index contributed by atoms with van der Waals surface area (Å²) in [6.45, 7) is 3.88. The SMILES string of the molecule is CCc1nc(C(=O)NCCOCCOC)n[nH]1. The van der Waals surface area contributed by atoms with Crippen molar-refractivity contribution in [3.8, 4) is 0 Å². The van der Waals surface area contributed by atoms with Crippen LogP contribution in [-0.2, 0) is 15.9 Å². The second-order valence-corrected chi connectivity index (χ2v) is 3.32. The first kappa shape index (κ1) is 13.6. The molecule has 0 unspecified atom stereocenters. The highest BCUT2D eigenvalue weighted by Gasteiger charge is 2.10. The minimum atomic E-state index is -0.295. The lowest BCUT2D eigenvalue weighted by molar-refractivity contribution is 0.0691. The van der Waals surface area contributed by atoms with E-state index in [9.17, 15) is 4.79 Å². The Hall–Kier alpha value is -1.47. The Morgan fingerprint density at radius 3 is 2.88 bits per heavy atom. The third-order valence-electron chi connectivity index (χ3n) is 2.03. The number of aromatic amines is 1. The van der Waals surface area contributed by atoms with Crippen molar-refractivity contribution in [1.29, 1.82) is 0 Å². The van der Waals surface area contributed by atoms with E-state index in [4.69, 9.17) is 9.47 Å². The van der Waals surface area contributed by atoms with Gasteiger partial charge in [-0.1, -0.05) is 6.92 Å². The first-order valence-electron chi connectivity index (χ1n) is 5.54. The largest absolute Gasteiger partial charge is 0.382 e. The molecule has 2 N–H and O–H groups in total. The Bertz CT molecular complexity index is 340. The van der Waals surface area contributed by atoms with Crippen LogP contribution in [0.1, 0.15) is 23.4 Å². The molecule has 1 amide bonds. The summed E-state index contributed by atoms with van der Waals surface area (Å²) in [5.41, 5.74) is 0. The Morgan fingerprint density at radius 1 is 1.41 bits per heavy atom. The molecule has 0 bridgehead atoms. The van der Waals surface area contributed by atoms with Crippen LogP contribution in [0.2, 0.25) is 0 Å². The Labute approximate surface area is 99.9 Å². The van der Waals surface area contributed by atoms with Crippen molar-refractivity contribution in [2.45, 2.75) is 13.3 Å². The van der Waals surface area contributed by atoms with Crippen molar-refractivity contribution in [3.05, 3.63) is 11.6 Å². The standard InChI is InChI=1S/C10H18N4O3/c1-3-8-12-9(14-13-8)10(15)11-4-5-17-7-6-16-2/h3-7H2,1-2H3,(H,11,15)(H,12,13,14). The van der Waals surface area contributed by atoms with Crippen LogP contribution in [-0.4, -0.2) is 54.6 Å². The molecule has 1 heterocycles. The van der Waals surface area contributed by atoms with Crippen molar-refractivity contribution in [3.63, 3.8) is 0 Å². The van der Waals surface area contributed by atoms with Gasteiger partial charge in [-0.05, 0) is 0 Å². The summed E-state index contributed by atoms with van der Waals surface area (Å²) >= 11 is 0. The lowest BCUT2D eigenvalue weighted by Crippen LogP contribution is -2.28. The molecule has 0 aliphatic rings. The minimum Gasteiger partial charge on any atom is -0.382 e. The van der Waals surface area contributed by atoms with Crippen molar-refractivity contribution in [2.24, 2.45) is 0 Å². The maximum Gasteiger partial charge on any atom is 0.291 e. The predicted molar refractivity (Wildman–Crippen MR) is 60.8 cm³/mol. The third kappa shape index (κ3) is 4.92. The first-order valence-corrected chi connectivity index (χ1v) is 5.54. The number of nitrogens with one attached hydrogen (secondary N) is 2. The molecule has 0 radical (unpaired) electrons. The van der Waals surface area contributed by atoms with Crippen LogP contribution < -0.4 is 5.32 Å². The molecule has 96 valence electrons. The van der Waals surface area contributed by atoms with E-state index in [2.05, 4.69) is 20.5 Å². The van der Waals surface area contributed by atoms with Gasteiger partial charge in [0.2, 0.25) is 5.82 Å². The van der Waals surface area contributed by atoms with Crippen molar-refractivity contribution in [2.75, 3.05) is 33.5 Å². The molecule has 17 heavy (non-hydrogen) atoms. The number of hydrogen-bond donors (Lipinski definition) is 2. The van der Waals surface area contributed by atoms with E-state index in [1.54, 1.807) is 7.11 Å². The average molecular weight is 242 g/mol. The van der Waals surface area contributed by atoms with Crippen LogP contribution in [0.3, 0.4) is 0 Å². The molecule has 1 aromatic rings. The molecule has 0 saturated carbocycles. The smallest absolute Gasteiger partial charge is 0.291 e. The van der Waals surface area contributed by atoms with Gasteiger partial charge in [0.1, 0.15) is 5.82 Å². The number of nitrogens with zero attached hydrogens (tertiary/aromatic N) is 2. The Kier molecular flexibility index (Phi) is 6.19. The van der Waals surface area contributed by atoms with Crippen LogP contribution >= 0.6 is 0 Å². The summed E-state index contributed by atoms with van der Waals surface area (Å²) in [5.74, 6) is 0.571. The topological polar surface area (TPSA) is 89.1 Å². The van der Waals surface area contributed by atoms with Gasteiger partial charge in [0, 0.05) is 20.1 Å². The van der Waals surface area contributed by atoms with Gasteiger partial charge in [0.05, 0.1) is 19.8 Å². The third-order valence-corrected chi connectivity index (χ3v) is 2.03. The molecule has 0 spiro atoms. The number of methoxy groups -OCH3 is 1. The Morgan fingerprint density at radius 2 is 2.24 bits per heavy atom. The van der Waals surface area contributed by atoms with E-state index in [1.807, 2.05) is 6.92 Å². The fourth-order valence-corrected chi connectivity index (χ4v) is 1.12. The van der Waals surface area contributed by atoms with Crippen LogP contribution in [0.4, 0.5) is 0 Å². The summed E-state index contributed by atoms with van der Waals surface area (Å²) in [5, 5.41) is 9.15. The van der Waals surface area contributed by atoms with E-state index in [1.165, 1.54) is 0 Å². The fraction of sp³-hybridized carbons (Fsp3) is 0.700. The molecule has 1 rings (SSSR count). The maximum atomic E-state index is 11.5. The van der Waals surface area contributed by atoms with E-state index in [0.717, 1.165) is 6.42 Å². The summed E-state index contributed by atoms with van der Waals surface area (Å²) in [6.07, 6.45) is 0.723. The number of ether oxygens (including phenoxy) is 2. The molecule has 7 heteroatoms. The second-order valence-electron chi connectivity index (χ2n) is 3.32. The quantitative estimate of drug-likeness (QED) is 0.614. The molecule has 0 atom stereocenters. The van der Waals surface area contributed by atoms with Crippen molar-refractivity contribution in [1.82, 2.24) is 20.5 Å². The summed E-state index contributed by atoms with van der Waals surface area (Å²) in [4.78, 5) is 15.5. The number of rotatable bonds is 8. The molecule has 0 saturated heterocycles. The fourth-order valence-electron chi connectivity index (χ4n) is 1.12. The van der Waals surface area contributed by atoms with Gasteiger partial charge >= 0.3 is 0 Å². The van der Waals surface area contributed by atoms with E-state index in [-0.39, 0.29) is 11.7 Å². The summed E-state index contributed by atoms with van der Waals surface area (Å²) in [7, 11) is 1.61. The highest BCUT2D eigenvalue weighted by Crippen LogP contribution is 1.92. The Balaban J connectivity index is 2.16. The number of carbonyl (C=O) groups excluding carboxylic acids is 1. The van der Waals surface area contributed by atoms with E-state index < -0.39 is 0 Å². The molecule has 7 nitrogen and oxygen atoms in total. The number of amides is 1. The molecule has 1 aromatic heterocycles. The maximum absolute atomic E-state index is 11.5. The minimum absolute atomic E-state index is 0.166. The van der Waals surface area contributed by atoms with Crippen LogP contribution in [0.5, 0.6) is 0 Å². The predicted octanol–water partition coefficient (Wildman–Crippen LogP) is -0.240. The molecule has 0 aromatic carbocycles. The van der Waals surface area contributed by atoms with Crippen LogP contribution in [0, 0.1) is 0 Å². The first-order chi connectivity index (χ1) is 8.27. The number of hydrogen-bond acceptors (Lipinski definition) is 5. The van der Waals surface area contributed by atoms with Crippen LogP contribution in [0.15, 0.2) is 0 Å². The normalized spacial score (nSPS) is 10.5. The van der Waals surface area contributed by atoms with Crippen molar-refractivity contribution >= 4 is 5.91 Å². The van der Waals surface area contributed by atoms with E-state index in [0.29, 0.717) is 32.2 Å². The highest BCUT2D eigenvalue weighted by atomic mass is 16.5. The summed E-state index contributed by atoms with van der Waals surface area (Å²) < 4.78 is 10.0. The highest BCUT2D eigenvalue weighted by molar-refractivity contribution is 5.90. The zero-order chi connectivity index (χ0) is 12.5. The number of H-pyrrole nitrogens is 1. The number of aromatic nitrogens is 3. The second kappa shape index (κ2) is 7.75. The van der Waals surface area contributed by atoms with Gasteiger partial charge in [-0.2, -0.15) is 0 Å². The summed E-state index contributed by atoms with van der Waals surface area (Å²) in [6, 6.07) is 0. The van der Waals surface area contributed by atoms with Gasteiger partial charge in [0.25, 0.3) is 5.91 Å². The zero-order valence-electron chi connectivity index (χ0n) is 10.2. The van der Waals surface area contributed by atoms with Gasteiger partial charge in [0.15, 0.2) is 0 Å². The van der Waals surface area contributed by atoms with Gasteiger partial charge in [-0.25, -0.2) is 4.98 Å². The van der Waals surface area contributed by atoms with Gasteiger partial charge < -0.3 is 14.8 Å². The average Bonchev–Trinajstić information content (AvgIpc) is 2.82. The number of carbonyl (C=O) groups is 1. The molecular weight excluding hydrogens is 224 g/mol. The molecular formula is C10H18N4O3.